The second-order valence-electron chi connectivity index (χ2n) is 6.95. The fraction of sp³-hybridized carbons (Fsp3) is 0.333. The Morgan fingerprint density at radius 1 is 1.11 bits per heavy atom. The second kappa shape index (κ2) is 9.19. The van der Waals surface area contributed by atoms with Gasteiger partial charge < -0.3 is 15.0 Å². The van der Waals surface area contributed by atoms with Crippen LogP contribution in [0.2, 0.25) is 0 Å². The molecule has 0 aliphatic carbocycles. The molecular formula is C21H25ClN4O2. The molecule has 1 saturated heterocycles. The van der Waals surface area contributed by atoms with Crippen LogP contribution in [0, 0.1) is 5.92 Å². The third-order valence-electron chi connectivity index (χ3n) is 5.22. The standard InChI is InChI=1S/C21H24N4O2.ClH/c1-26-18-9-7-16(8-10-18)21-23-20(24-27-21)14-25-12-17(11-22)19(13-25)15-5-3-2-4-6-15;/h2-10,17,19H,11-14,22H2,1H3;1H/t17-,19+;/m1./s1. The van der Waals surface area contributed by atoms with Crippen LogP contribution >= 0.6 is 12.4 Å². The second-order valence-corrected chi connectivity index (χ2v) is 6.95. The van der Waals surface area contributed by atoms with E-state index < -0.39 is 0 Å². The van der Waals surface area contributed by atoms with Crippen molar-refractivity contribution in [1.82, 2.24) is 15.0 Å². The van der Waals surface area contributed by atoms with E-state index in [1.165, 1.54) is 5.56 Å². The predicted octanol–water partition coefficient (Wildman–Crippen LogP) is 3.34. The van der Waals surface area contributed by atoms with Crippen LogP contribution in [0.15, 0.2) is 59.1 Å². The first-order chi connectivity index (χ1) is 13.3. The van der Waals surface area contributed by atoms with E-state index in [-0.39, 0.29) is 12.4 Å². The van der Waals surface area contributed by atoms with Crippen molar-refractivity contribution in [3.05, 3.63) is 66.0 Å². The summed E-state index contributed by atoms with van der Waals surface area (Å²) in [5.74, 6) is 2.92. The maximum absolute atomic E-state index is 6.03. The van der Waals surface area contributed by atoms with E-state index in [0.717, 1.165) is 24.4 Å². The number of methoxy groups -OCH3 is 1. The maximum Gasteiger partial charge on any atom is 0.257 e. The van der Waals surface area contributed by atoms with Gasteiger partial charge in [0.2, 0.25) is 0 Å². The van der Waals surface area contributed by atoms with Crippen molar-refractivity contribution in [1.29, 1.82) is 0 Å². The number of ether oxygens (including phenoxy) is 1. The van der Waals surface area contributed by atoms with E-state index >= 15 is 0 Å². The first-order valence-corrected chi connectivity index (χ1v) is 9.21. The Kier molecular flexibility index (Phi) is 6.67. The number of benzene rings is 2. The zero-order valence-corrected chi connectivity index (χ0v) is 16.6. The number of halogens is 1. The van der Waals surface area contributed by atoms with Gasteiger partial charge in [-0.25, -0.2) is 0 Å². The Balaban J connectivity index is 0.00000225. The van der Waals surface area contributed by atoms with Gasteiger partial charge in [0.1, 0.15) is 5.75 Å². The van der Waals surface area contributed by atoms with E-state index in [9.17, 15) is 0 Å². The number of rotatable bonds is 6. The minimum absolute atomic E-state index is 0. The molecule has 2 heterocycles. The molecule has 2 aromatic carbocycles. The van der Waals surface area contributed by atoms with Crippen LogP contribution in [0.4, 0.5) is 0 Å². The highest BCUT2D eigenvalue weighted by Crippen LogP contribution is 2.32. The Hall–Kier alpha value is -2.41. The lowest BCUT2D eigenvalue weighted by atomic mass is 9.89. The van der Waals surface area contributed by atoms with Crippen LogP contribution in [0.3, 0.4) is 0 Å². The van der Waals surface area contributed by atoms with E-state index in [1.54, 1.807) is 7.11 Å². The first kappa shape index (κ1) is 20.3. The molecule has 1 fully saturated rings. The predicted molar refractivity (Wildman–Crippen MR) is 111 cm³/mol. The fourth-order valence-corrected chi connectivity index (χ4v) is 3.78. The summed E-state index contributed by atoms with van der Waals surface area (Å²) in [6.45, 7) is 3.25. The highest BCUT2D eigenvalue weighted by Gasteiger charge is 2.33. The molecule has 0 unspecified atom stereocenters. The monoisotopic (exact) mass is 400 g/mol. The number of hydrogen-bond donors (Lipinski definition) is 1. The van der Waals surface area contributed by atoms with Gasteiger partial charge in [-0.2, -0.15) is 4.98 Å². The zero-order valence-electron chi connectivity index (χ0n) is 15.8. The van der Waals surface area contributed by atoms with Crippen LogP contribution < -0.4 is 10.5 Å². The maximum atomic E-state index is 6.03. The minimum atomic E-state index is 0. The third-order valence-corrected chi connectivity index (χ3v) is 5.22. The van der Waals surface area contributed by atoms with Crippen molar-refractivity contribution in [2.75, 3.05) is 26.7 Å². The molecule has 1 aliphatic rings. The van der Waals surface area contributed by atoms with Crippen LogP contribution in [0.5, 0.6) is 5.75 Å². The molecule has 0 radical (unpaired) electrons. The highest BCUT2D eigenvalue weighted by atomic mass is 35.5. The average Bonchev–Trinajstić information content (AvgIpc) is 3.36. The third kappa shape index (κ3) is 4.35. The van der Waals surface area contributed by atoms with Crippen molar-refractivity contribution in [2.45, 2.75) is 12.5 Å². The van der Waals surface area contributed by atoms with Gasteiger partial charge >= 0.3 is 0 Å². The summed E-state index contributed by atoms with van der Waals surface area (Å²) in [6.07, 6.45) is 0. The molecule has 148 valence electrons. The molecule has 1 aromatic heterocycles. The Labute approximate surface area is 171 Å². The zero-order chi connectivity index (χ0) is 18.6. The van der Waals surface area contributed by atoms with E-state index in [1.807, 2.05) is 30.3 Å². The summed E-state index contributed by atoms with van der Waals surface area (Å²) in [5.41, 5.74) is 8.27. The van der Waals surface area contributed by atoms with Crippen LogP contribution in [0.1, 0.15) is 17.3 Å². The minimum Gasteiger partial charge on any atom is -0.497 e. The summed E-state index contributed by atoms with van der Waals surface area (Å²) in [7, 11) is 1.65. The van der Waals surface area contributed by atoms with Gasteiger partial charge in [0.05, 0.1) is 13.7 Å². The molecule has 28 heavy (non-hydrogen) atoms. The van der Waals surface area contributed by atoms with Crippen molar-refractivity contribution in [3.63, 3.8) is 0 Å². The quantitative estimate of drug-likeness (QED) is 0.683. The molecule has 0 saturated carbocycles. The van der Waals surface area contributed by atoms with Crippen LogP contribution in [0.25, 0.3) is 11.5 Å². The number of nitrogens with two attached hydrogens (primary N) is 1. The number of likely N-dealkylation sites (tertiary alicyclic amines) is 1. The average molecular weight is 401 g/mol. The lowest BCUT2D eigenvalue weighted by Crippen LogP contribution is -2.23. The van der Waals surface area contributed by atoms with Crippen molar-refractivity contribution < 1.29 is 9.26 Å². The van der Waals surface area contributed by atoms with Gasteiger partial charge in [-0.15, -0.1) is 12.4 Å². The smallest absolute Gasteiger partial charge is 0.257 e. The topological polar surface area (TPSA) is 77.4 Å². The normalized spacial score (nSPS) is 19.4. The fourth-order valence-electron chi connectivity index (χ4n) is 3.78. The van der Waals surface area contributed by atoms with Crippen LogP contribution in [-0.2, 0) is 6.54 Å². The number of hydrogen-bond acceptors (Lipinski definition) is 6. The first-order valence-electron chi connectivity index (χ1n) is 9.21. The molecule has 0 bridgehead atoms. The van der Waals surface area contributed by atoms with Crippen molar-refractivity contribution in [3.8, 4) is 17.2 Å². The van der Waals surface area contributed by atoms with Gasteiger partial charge in [-0.3, -0.25) is 4.90 Å². The lowest BCUT2D eigenvalue weighted by molar-refractivity contribution is 0.300. The largest absolute Gasteiger partial charge is 0.497 e. The van der Waals surface area contributed by atoms with Crippen LogP contribution in [-0.4, -0.2) is 41.8 Å². The van der Waals surface area contributed by atoms with E-state index in [4.69, 9.17) is 15.0 Å². The Morgan fingerprint density at radius 3 is 2.54 bits per heavy atom. The highest BCUT2D eigenvalue weighted by molar-refractivity contribution is 5.85. The summed E-state index contributed by atoms with van der Waals surface area (Å²) in [6, 6.07) is 18.2. The molecule has 2 atom stereocenters. The Morgan fingerprint density at radius 2 is 1.86 bits per heavy atom. The molecule has 1 aliphatic heterocycles. The van der Waals surface area contributed by atoms with Gasteiger partial charge in [-0.1, -0.05) is 35.5 Å². The SMILES string of the molecule is COc1ccc(-c2nc(CN3C[C@@H](CN)[C@H](c4ccccc4)C3)no2)cc1.Cl. The summed E-state index contributed by atoms with van der Waals surface area (Å²) >= 11 is 0. The number of aromatic nitrogens is 2. The molecule has 0 spiro atoms. The Bertz CT molecular complexity index is 870. The molecule has 6 nitrogen and oxygen atoms in total. The van der Waals surface area contributed by atoms with Crippen molar-refractivity contribution in [2.24, 2.45) is 11.7 Å². The molecule has 7 heteroatoms. The molecule has 2 N–H and O–H groups in total. The summed E-state index contributed by atoms with van der Waals surface area (Å²) < 4.78 is 10.6. The van der Waals surface area contributed by atoms with E-state index in [0.29, 0.717) is 36.6 Å². The molecule has 0 amide bonds. The van der Waals surface area contributed by atoms with Gasteiger partial charge in [0, 0.05) is 24.6 Å². The molecule has 3 aromatic rings. The lowest BCUT2D eigenvalue weighted by Gasteiger charge is -2.16. The summed E-state index contributed by atoms with van der Waals surface area (Å²) in [5, 5.41) is 4.16. The number of nitrogens with zero attached hydrogens (tertiary/aromatic N) is 3. The molecular weight excluding hydrogens is 376 g/mol. The molecule has 4 rings (SSSR count). The van der Waals surface area contributed by atoms with Crippen molar-refractivity contribution >= 4 is 12.4 Å². The van der Waals surface area contributed by atoms with Gasteiger partial charge in [-0.05, 0) is 42.3 Å². The van der Waals surface area contributed by atoms with Gasteiger partial charge in [0.15, 0.2) is 5.82 Å². The summed E-state index contributed by atoms with van der Waals surface area (Å²) in [4.78, 5) is 6.92. The van der Waals surface area contributed by atoms with Gasteiger partial charge in [0.25, 0.3) is 5.89 Å². The van der Waals surface area contributed by atoms with E-state index in [2.05, 4.69) is 39.3 Å².